The molecule has 0 amide bonds. The minimum Gasteiger partial charge on any atom is -0.379 e. The molecule has 0 aromatic carbocycles. The Kier molecular flexibility index (Phi) is 6.99. The molecular formula is C18H30N6OS. The fourth-order valence-electron chi connectivity index (χ4n) is 3.49. The standard InChI is InChI=1S/C18H30N6OS/c1-14-13-16(24-7-4-3-5-15(24)2)21-17(20-14)22-18(26)19-6-8-23-9-11-25-12-10-23/h13,15H,3-12H2,1-2H3,(H2,19,20,21,22,26). The zero-order valence-electron chi connectivity index (χ0n) is 15.8. The molecule has 0 saturated carbocycles. The summed E-state index contributed by atoms with van der Waals surface area (Å²) in [5.41, 5.74) is 0.950. The lowest BCUT2D eigenvalue weighted by Crippen LogP contribution is -2.42. The monoisotopic (exact) mass is 378 g/mol. The van der Waals surface area contributed by atoms with Gasteiger partial charge in [0.1, 0.15) is 5.82 Å². The number of anilines is 2. The number of aromatic nitrogens is 2. The van der Waals surface area contributed by atoms with Crippen molar-refractivity contribution in [3.05, 3.63) is 11.8 Å². The second-order valence-electron chi connectivity index (χ2n) is 7.06. The molecule has 2 saturated heterocycles. The first-order chi connectivity index (χ1) is 12.6. The van der Waals surface area contributed by atoms with Crippen molar-refractivity contribution >= 4 is 29.1 Å². The molecule has 0 radical (unpaired) electrons. The van der Waals surface area contributed by atoms with Crippen molar-refractivity contribution in [2.45, 2.75) is 39.2 Å². The van der Waals surface area contributed by atoms with Gasteiger partial charge in [0.2, 0.25) is 5.95 Å². The second-order valence-corrected chi connectivity index (χ2v) is 7.47. The van der Waals surface area contributed by atoms with Crippen LogP contribution in [0.5, 0.6) is 0 Å². The van der Waals surface area contributed by atoms with E-state index in [1.807, 2.05) is 6.92 Å². The highest BCUT2D eigenvalue weighted by Crippen LogP contribution is 2.24. The van der Waals surface area contributed by atoms with E-state index in [0.29, 0.717) is 17.1 Å². The second kappa shape index (κ2) is 9.43. The minimum atomic E-state index is 0.518. The molecule has 2 N–H and O–H groups in total. The van der Waals surface area contributed by atoms with Gasteiger partial charge in [-0.2, -0.15) is 4.98 Å². The first-order valence-electron chi connectivity index (χ1n) is 9.59. The summed E-state index contributed by atoms with van der Waals surface area (Å²) in [7, 11) is 0. The Morgan fingerprint density at radius 3 is 2.85 bits per heavy atom. The number of hydrogen-bond acceptors (Lipinski definition) is 6. The van der Waals surface area contributed by atoms with Crippen LogP contribution in [-0.4, -0.2) is 72.0 Å². The zero-order chi connectivity index (χ0) is 18.4. The summed E-state index contributed by atoms with van der Waals surface area (Å²) in [5, 5.41) is 6.96. The maximum absolute atomic E-state index is 5.41. The number of nitrogens with one attached hydrogen (secondary N) is 2. The van der Waals surface area contributed by atoms with E-state index in [9.17, 15) is 0 Å². The van der Waals surface area contributed by atoms with Gasteiger partial charge in [0.15, 0.2) is 5.11 Å². The van der Waals surface area contributed by atoms with Crippen molar-refractivity contribution in [1.82, 2.24) is 20.2 Å². The molecule has 0 aliphatic carbocycles. The van der Waals surface area contributed by atoms with Gasteiger partial charge in [-0.05, 0) is 45.3 Å². The third-order valence-corrected chi connectivity index (χ3v) is 5.23. The van der Waals surface area contributed by atoms with Gasteiger partial charge in [0, 0.05) is 50.5 Å². The fraction of sp³-hybridized carbons (Fsp3) is 0.722. The van der Waals surface area contributed by atoms with Crippen LogP contribution in [0.25, 0.3) is 0 Å². The Morgan fingerprint density at radius 2 is 2.08 bits per heavy atom. The SMILES string of the molecule is Cc1cc(N2CCCCC2C)nc(NC(=S)NCCN2CCOCC2)n1. The number of rotatable bonds is 5. The van der Waals surface area contributed by atoms with Crippen LogP contribution in [0.15, 0.2) is 6.07 Å². The molecule has 26 heavy (non-hydrogen) atoms. The number of aryl methyl sites for hydroxylation is 1. The minimum absolute atomic E-state index is 0.518. The van der Waals surface area contributed by atoms with E-state index in [1.165, 1.54) is 19.3 Å². The van der Waals surface area contributed by atoms with Crippen molar-refractivity contribution in [2.24, 2.45) is 0 Å². The molecular weight excluding hydrogens is 348 g/mol. The number of hydrogen-bond donors (Lipinski definition) is 2. The summed E-state index contributed by atoms with van der Waals surface area (Å²) in [4.78, 5) is 13.9. The molecule has 0 spiro atoms. The average Bonchev–Trinajstić information content (AvgIpc) is 2.62. The largest absolute Gasteiger partial charge is 0.379 e. The molecule has 7 nitrogen and oxygen atoms in total. The lowest BCUT2D eigenvalue weighted by atomic mass is 10.0. The smallest absolute Gasteiger partial charge is 0.231 e. The lowest BCUT2D eigenvalue weighted by Gasteiger charge is -2.34. The van der Waals surface area contributed by atoms with Crippen molar-refractivity contribution in [1.29, 1.82) is 0 Å². The summed E-state index contributed by atoms with van der Waals surface area (Å²) in [6, 6.07) is 2.58. The Labute approximate surface area is 161 Å². The van der Waals surface area contributed by atoms with Crippen LogP contribution in [0.3, 0.4) is 0 Å². The summed E-state index contributed by atoms with van der Waals surface area (Å²) in [6.07, 6.45) is 3.73. The summed E-state index contributed by atoms with van der Waals surface area (Å²) in [5.74, 6) is 1.56. The average molecular weight is 379 g/mol. The maximum atomic E-state index is 5.41. The topological polar surface area (TPSA) is 65.6 Å². The number of piperidine rings is 1. The predicted molar refractivity (Wildman–Crippen MR) is 109 cm³/mol. The van der Waals surface area contributed by atoms with Gasteiger partial charge in [-0.1, -0.05) is 0 Å². The van der Waals surface area contributed by atoms with Crippen molar-refractivity contribution < 1.29 is 4.74 Å². The van der Waals surface area contributed by atoms with Crippen molar-refractivity contribution in [2.75, 3.05) is 56.2 Å². The molecule has 1 atom stereocenters. The zero-order valence-corrected chi connectivity index (χ0v) is 16.6. The van der Waals surface area contributed by atoms with Gasteiger partial charge in [0.25, 0.3) is 0 Å². The highest BCUT2D eigenvalue weighted by Gasteiger charge is 2.20. The van der Waals surface area contributed by atoms with E-state index in [1.54, 1.807) is 0 Å². The first-order valence-corrected chi connectivity index (χ1v) is 10.00. The number of nitrogens with zero attached hydrogens (tertiary/aromatic N) is 4. The van der Waals surface area contributed by atoms with Crippen LogP contribution < -0.4 is 15.5 Å². The maximum Gasteiger partial charge on any atom is 0.231 e. The highest BCUT2D eigenvalue weighted by atomic mass is 32.1. The first kappa shape index (κ1) is 19.3. The van der Waals surface area contributed by atoms with E-state index >= 15 is 0 Å². The molecule has 144 valence electrons. The Balaban J connectivity index is 1.52. The normalized spacial score (nSPS) is 21.5. The van der Waals surface area contributed by atoms with Gasteiger partial charge in [0.05, 0.1) is 13.2 Å². The van der Waals surface area contributed by atoms with Crippen LogP contribution in [0.4, 0.5) is 11.8 Å². The third kappa shape index (κ3) is 5.49. The third-order valence-electron chi connectivity index (χ3n) is 4.98. The van der Waals surface area contributed by atoms with Crippen LogP contribution in [-0.2, 0) is 4.74 Å². The predicted octanol–water partition coefficient (Wildman–Crippen LogP) is 1.78. The number of thiocarbonyl (C=S) groups is 1. The van der Waals surface area contributed by atoms with Crippen LogP contribution >= 0.6 is 12.2 Å². The van der Waals surface area contributed by atoms with Crippen molar-refractivity contribution in [3.8, 4) is 0 Å². The highest BCUT2D eigenvalue weighted by molar-refractivity contribution is 7.80. The molecule has 1 unspecified atom stereocenters. The Hall–Kier alpha value is -1.51. The molecule has 2 aliphatic rings. The van der Waals surface area contributed by atoms with Crippen LogP contribution in [0.2, 0.25) is 0 Å². The molecule has 3 heterocycles. The van der Waals surface area contributed by atoms with Crippen LogP contribution in [0.1, 0.15) is 31.9 Å². The van der Waals surface area contributed by atoms with E-state index < -0.39 is 0 Å². The Morgan fingerprint density at radius 1 is 1.27 bits per heavy atom. The molecule has 2 fully saturated rings. The van der Waals surface area contributed by atoms with Gasteiger partial charge in [-0.3, -0.25) is 4.90 Å². The molecule has 1 aromatic heterocycles. The van der Waals surface area contributed by atoms with Gasteiger partial charge >= 0.3 is 0 Å². The molecule has 0 bridgehead atoms. The van der Waals surface area contributed by atoms with E-state index in [2.05, 4.69) is 38.4 Å². The lowest BCUT2D eigenvalue weighted by molar-refractivity contribution is 0.0389. The summed E-state index contributed by atoms with van der Waals surface area (Å²) >= 11 is 5.41. The number of morpholine rings is 1. The van der Waals surface area contributed by atoms with Gasteiger partial charge < -0.3 is 20.3 Å². The molecule has 1 aromatic rings. The number of ether oxygens (including phenoxy) is 1. The van der Waals surface area contributed by atoms with Crippen LogP contribution in [0, 0.1) is 6.92 Å². The van der Waals surface area contributed by atoms with E-state index in [0.717, 1.165) is 57.4 Å². The van der Waals surface area contributed by atoms with E-state index in [-0.39, 0.29) is 0 Å². The van der Waals surface area contributed by atoms with E-state index in [4.69, 9.17) is 21.9 Å². The van der Waals surface area contributed by atoms with Crippen molar-refractivity contribution in [3.63, 3.8) is 0 Å². The van der Waals surface area contributed by atoms with Gasteiger partial charge in [-0.15, -0.1) is 0 Å². The Bertz CT molecular complexity index is 607. The summed E-state index contributed by atoms with van der Waals surface area (Å²) < 4.78 is 5.37. The molecule has 2 aliphatic heterocycles. The molecule has 3 rings (SSSR count). The fourth-order valence-corrected chi connectivity index (χ4v) is 3.68. The van der Waals surface area contributed by atoms with Gasteiger partial charge in [-0.25, -0.2) is 4.98 Å². The summed E-state index contributed by atoms with van der Waals surface area (Å²) in [6.45, 7) is 10.7. The molecule has 8 heteroatoms. The quantitative estimate of drug-likeness (QED) is 0.752.